The van der Waals surface area contributed by atoms with E-state index in [1.165, 1.54) is 23.4 Å². The summed E-state index contributed by atoms with van der Waals surface area (Å²) in [4.78, 5) is 34.5. The Hall–Kier alpha value is 0.0600. The number of aromatic nitrogens is 2. The molecule has 1 fully saturated rings. The zero-order valence-corrected chi connectivity index (χ0v) is 24.3. The van der Waals surface area contributed by atoms with Crippen LogP contribution in [0.5, 0.6) is 0 Å². The van der Waals surface area contributed by atoms with E-state index < -0.39 is 19.4 Å². The first-order chi connectivity index (χ1) is 14.1. The first-order valence-electron chi connectivity index (χ1n) is 8.98. The molecular weight excluding hydrogens is 502 g/mol. The molecule has 3 rings (SSSR count). The van der Waals surface area contributed by atoms with Crippen molar-refractivity contribution in [3.8, 4) is 0 Å². The molecule has 1 aromatic heterocycles. The van der Waals surface area contributed by atoms with Gasteiger partial charge in [-0.3, -0.25) is 19.3 Å². The minimum Gasteiger partial charge on any atom is -1.00 e. The van der Waals surface area contributed by atoms with Gasteiger partial charge < -0.3 is 18.4 Å². The van der Waals surface area contributed by atoms with E-state index in [0.29, 0.717) is 25.9 Å². The van der Waals surface area contributed by atoms with Gasteiger partial charge in [-0.1, -0.05) is 29.3 Å². The van der Waals surface area contributed by atoms with E-state index in [2.05, 4.69) is 20.8 Å². The van der Waals surface area contributed by atoms with E-state index in [0.717, 1.165) is 6.66 Å². The predicted octanol–water partition coefficient (Wildman–Crippen LogP) is -2.86. The molecule has 0 radical (unpaired) electrons. The van der Waals surface area contributed by atoms with Crippen molar-refractivity contribution in [2.75, 3.05) is 25.1 Å². The van der Waals surface area contributed by atoms with Crippen LogP contribution in [0.25, 0.3) is 0 Å². The Balaban J connectivity index is 0. The first-order valence-corrected chi connectivity index (χ1v) is 11.8. The van der Waals surface area contributed by atoms with Gasteiger partial charge in [0.05, 0.1) is 27.5 Å². The van der Waals surface area contributed by atoms with Crippen LogP contribution >= 0.6 is 30.8 Å². The van der Waals surface area contributed by atoms with Gasteiger partial charge in [-0.2, -0.15) is 10.2 Å². The molecule has 2 heterocycles. The fourth-order valence-corrected chi connectivity index (χ4v) is 4.17. The van der Waals surface area contributed by atoms with Crippen LogP contribution < -0.4 is 69.7 Å². The van der Waals surface area contributed by atoms with Gasteiger partial charge in [-0.15, -0.1) is 0 Å². The number of hydrogen-bond donors (Lipinski definition) is 4. The van der Waals surface area contributed by atoms with Crippen LogP contribution in [-0.4, -0.2) is 57.8 Å². The summed E-state index contributed by atoms with van der Waals surface area (Å²) in [5, 5.41) is 13.6. The second kappa shape index (κ2) is 13.2. The zero-order valence-electron chi connectivity index (χ0n) is 19.9. The van der Waals surface area contributed by atoms with Crippen LogP contribution in [0.2, 0.25) is 10.0 Å². The second-order valence-electron chi connectivity index (χ2n) is 6.77. The number of nitrogens with zero attached hydrogens (tertiary/aromatic N) is 2. The quantitative estimate of drug-likeness (QED) is 0.236. The number of H-pyrrole nitrogens is 1. The molecule has 10 nitrogen and oxygen atoms in total. The number of piperidine rings is 1. The number of carbonyl (C=O) groups is 2. The zero-order chi connectivity index (χ0) is 21.9. The fourth-order valence-electron chi connectivity index (χ4n) is 3.01. The van der Waals surface area contributed by atoms with Gasteiger partial charge in [-0.25, -0.2) is 4.62 Å². The summed E-state index contributed by atoms with van der Waals surface area (Å²) >= 11 is 12.1. The monoisotopic (exact) mass is 523 g/mol. The molecule has 32 heavy (non-hydrogen) atoms. The molecule has 1 saturated heterocycles. The molecular formula is C17H22Cl2N5Na2O5P. The maximum atomic E-state index is 12.6. The van der Waals surface area contributed by atoms with Crippen molar-refractivity contribution < 1.29 is 85.6 Å². The normalized spacial score (nSPS) is 16.2. The van der Waals surface area contributed by atoms with E-state index >= 15 is 0 Å². The number of halogens is 2. The van der Waals surface area contributed by atoms with Crippen molar-refractivity contribution in [3.05, 3.63) is 45.7 Å². The number of carbonyl (C=O) groups excluding carboxylic acids is 2. The topological polar surface area (TPSA) is 137 Å². The third-order valence-electron chi connectivity index (χ3n) is 4.36. The number of amides is 2. The Bertz CT molecular complexity index is 988. The molecule has 2 aromatic rings. The second-order valence-corrected chi connectivity index (χ2v) is 9.35. The number of benzene rings is 1. The van der Waals surface area contributed by atoms with Gasteiger partial charge in [0.15, 0.2) is 0 Å². The van der Waals surface area contributed by atoms with E-state index in [4.69, 9.17) is 27.8 Å². The SMILES string of the molecule is CP(=O)(O)ON1CCC(NC(=O)c2[nH]ncc2NC(=O)c2c(Cl)cccc2Cl)CC1.[H-].[H-].[Na+].[Na+]. The van der Waals surface area contributed by atoms with Crippen molar-refractivity contribution in [2.45, 2.75) is 18.9 Å². The van der Waals surface area contributed by atoms with Crippen LogP contribution in [0.15, 0.2) is 24.4 Å². The third-order valence-corrected chi connectivity index (χ3v) is 5.52. The number of hydroxylamine groups is 2. The summed E-state index contributed by atoms with van der Waals surface area (Å²) < 4.78 is 16.3. The van der Waals surface area contributed by atoms with Gasteiger partial charge in [-0.05, 0) is 25.0 Å². The number of aromatic amines is 1. The van der Waals surface area contributed by atoms with Crippen LogP contribution in [0, 0.1) is 0 Å². The molecule has 1 unspecified atom stereocenters. The smallest absolute Gasteiger partial charge is 1.00 e. The maximum absolute atomic E-state index is 12.6. The average Bonchev–Trinajstić information content (AvgIpc) is 3.10. The largest absolute Gasteiger partial charge is 1.00 e. The van der Waals surface area contributed by atoms with Crippen LogP contribution in [0.3, 0.4) is 0 Å². The summed E-state index contributed by atoms with van der Waals surface area (Å²) in [7, 11) is -3.61. The van der Waals surface area contributed by atoms with E-state index in [1.807, 2.05) is 0 Å². The van der Waals surface area contributed by atoms with Gasteiger partial charge in [0.1, 0.15) is 5.69 Å². The van der Waals surface area contributed by atoms with Crippen molar-refractivity contribution >= 4 is 48.3 Å². The van der Waals surface area contributed by atoms with Crippen molar-refractivity contribution in [3.63, 3.8) is 0 Å². The Morgan fingerprint density at radius 1 is 1.25 bits per heavy atom. The van der Waals surface area contributed by atoms with Gasteiger partial charge in [0, 0.05) is 25.8 Å². The molecule has 0 bridgehead atoms. The van der Waals surface area contributed by atoms with Crippen LogP contribution in [-0.2, 0) is 9.19 Å². The molecule has 1 aliphatic heterocycles. The maximum Gasteiger partial charge on any atom is 1.00 e. The van der Waals surface area contributed by atoms with Crippen molar-refractivity contribution in [1.82, 2.24) is 20.6 Å². The van der Waals surface area contributed by atoms with Gasteiger partial charge in [0.25, 0.3) is 11.8 Å². The summed E-state index contributed by atoms with van der Waals surface area (Å²) in [5.41, 5.74) is 0.359. The first kappa shape index (κ1) is 30.1. The Labute approximate surface area is 242 Å². The van der Waals surface area contributed by atoms with Crippen LogP contribution in [0.4, 0.5) is 5.69 Å². The number of hydrogen-bond acceptors (Lipinski definition) is 6. The Morgan fingerprint density at radius 2 is 1.84 bits per heavy atom. The van der Waals surface area contributed by atoms with E-state index in [9.17, 15) is 19.0 Å². The predicted molar refractivity (Wildman–Crippen MR) is 114 cm³/mol. The molecule has 1 aliphatic rings. The Kier molecular flexibility index (Phi) is 12.4. The van der Waals surface area contributed by atoms with Gasteiger partial charge >= 0.3 is 66.7 Å². The standard InChI is InChI=1S/C17H20Cl2N5O5P.2Na.2H/c1-30(27,28)29-24-7-5-10(6-8-24)21-17(26)15-13(9-20-23-15)22-16(25)14-11(18)3-2-4-12(14)19;;;;/h2-4,9-10H,5-8H2,1H3,(H,20,23)(H,21,26)(H,22,25)(H,27,28);;;;/q;2*+1;2*-1. The average molecular weight is 524 g/mol. The molecule has 2 amide bonds. The molecule has 0 saturated carbocycles. The Morgan fingerprint density at radius 3 is 2.41 bits per heavy atom. The molecule has 166 valence electrons. The fraction of sp³-hybridized carbons (Fsp3) is 0.353. The molecule has 0 aliphatic carbocycles. The summed E-state index contributed by atoms with van der Waals surface area (Å²) in [6, 6.07) is 4.52. The third kappa shape index (κ3) is 8.37. The summed E-state index contributed by atoms with van der Waals surface area (Å²) in [5.74, 6) is -1.02. The van der Waals surface area contributed by atoms with Crippen molar-refractivity contribution in [2.24, 2.45) is 0 Å². The molecule has 1 aromatic carbocycles. The van der Waals surface area contributed by atoms with Crippen molar-refractivity contribution in [1.29, 1.82) is 0 Å². The summed E-state index contributed by atoms with van der Waals surface area (Å²) in [6.45, 7) is 1.90. The number of rotatable bonds is 6. The van der Waals surface area contributed by atoms with E-state index in [-0.39, 0.29) is 95.0 Å². The van der Waals surface area contributed by atoms with Gasteiger partial charge in [0.2, 0.25) is 0 Å². The molecule has 0 spiro atoms. The molecule has 15 heteroatoms. The minimum absolute atomic E-state index is 0. The number of anilines is 1. The van der Waals surface area contributed by atoms with E-state index in [1.54, 1.807) is 6.07 Å². The van der Waals surface area contributed by atoms with Crippen LogP contribution in [0.1, 0.15) is 36.5 Å². The molecule has 1 atom stereocenters. The molecule has 4 N–H and O–H groups in total. The number of nitrogens with one attached hydrogen (secondary N) is 3. The summed E-state index contributed by atoms with van der Waals surface area (Å²) in [6.07, 6.45) is 2.36. The minimum atomic E-state index is -3.61.